The van der Waals surface area contributed by atoms with Crippen LogP contribution in [-0.4, -0.2) is 30.1 Å². The molecule has 1 heterocycles. The van der Waals surface area contributed by atoms with Crippen LogP contribution >= 0.6 is 15.9 Å². The van der Waals surface area contributed by atoms with Crippen molar-refractivity contribution in [3.05, 3.63) is 63.6 Å². The summed E-state index contributed by atoms with van der Waals surface area (Å²) in [5.74, 6) is 0.920. The van der Waals surface area contributed by atoms with Crippen molar-refractivity contribution in [1.29, 1.82) is 0 Å². The molecule has 0 saturated carbocycles. The van der Waals surface area contributed by atoms with Crippen molar-refractivity contribution in [3.8, 4) is 5.75 Å². The molecule has 4 rings (SSSR count). The van der Waals surface area contributed by atoms with E-state index in [1.807, 2.05) is 0 Å². The molecule has 3 atom stereocenters. The van der Waals surface area contributed by atoms with Gasteiger partial charge in [0.1, 0.15) is 11.9 Å². The Labute approximate surface area is 164 Å². The molecule has 1 aliphatic carbocycles. The molecule has 0 aromatic heterocycles. The van der Waals surface area contributed by atoms with Crippen LogP contribution in [0.4, 0.5) is 0 Å². The van der Waals surface area contributed by atoms with E-state index < -0.39 is 0 Å². The van der Waals surface area contributed by atoms with Crippen molar-refractivity contribution in [2.45, 2.75) is 50.8 Å². The van der Waals surface area contributed by atoms with E-state index in [0.29, 0.717) is 6.04 Å². The van der Waals surface area contributed by atoms with Crippen LogP contribution in [0.25, 0.3) is 0 Å². The number of hydrogen-bond acceptors (Lipinski definition) is 3. The van der Waals surface area contributed by atoms with Crippen LogP contribution in [0.2, 0.25) is 0 Å². The molecule has 4 heteroatoms. The Morgan fingerprint density at radius 2 is 2.00 bits per heavy atom. The molecule has 2 aromatic carbocycles. The van der Waals surface area contributed by atoms with E-state index in [0.717, 1.165) is 42.6 Å². The first kappa shape index (κ1) is 18.0. The zero-order valence-electron chi connectivity index (χ0n) is 15.3. The zero-order valence-corrected chi connectivity index (χ0v) is 16.9. The van der Waals surface area contributed by atoms with Gasteiger partial charge >= 0.3 is 0 Å². The molecular weight excluding hydrogens is 388 g/mol. The molecule has 2 aliphatic rings. The smallest absolute Gasteiger partial charge is 0.139 e. The number of rotatable bonds is 3. The lowest BCUT2D eigenvalue weighted by Gasteiger charge is -2.43. The fourth-order valence-electron chi connectivity index (χ4n) is 4.40. The second-order valence-electron chi connectivity index (χ2n) is 7.67. The van der Waals surface area contributed by atoms with Crippen molar-refractivity contribution in [1.82, 2.24) is 4.90 Å². The van der Waals surface area contributed by atoms with Crippen LogP contribution in [0.1, 0.15) is 42.1 Å². The monoisotopic (exact) mass is 414 g/mol. The highest BCUT2D eigenvalue weighted by molar-refractivity contribution is 9.10. The first-order valence-electron chi connectivity index (χ1n) is 9.62. The third kappa shape index (κ3) is 3.68. The minimum Gasteiger partial charge on any atom is -0.483 e. The lowest BCUT2D eigenvalue weighted by Crippen LogP contribution is -2.51. The maximum absolute atomic E-state index is 6.64. The van der Waals surface area contributed by atoms with Gasteiger partial charge in [0.25, 0.3) is 0 Å². The van der Waals surface area contributed by atoms with Gasteiger partial charge in [-0.1, -0.05) is 30.3 Å². The first-order chi connectivity index (χ1) is 12.6. The van der Waals surface area contributed by atoms with E-state index in [1.165, 1.54) is 23.1 Å². The lowest BCUT2D eigenvalue weighted by molar-refractivity contribution is 0.0363. The minimum absolute atomic E-state index is 0.0456. The van der Waals surface area contributed by atoms with Crippen molar-refractivity contribution >= 4 is 15.9 Å². The number of fused-ring (bicyclic) bond motifs is 1. The molecule has 0 spiro atoms. The average Bonchev–Trinajstić information content (AvgIpc) is 2.64. The molecule has 3 nitrogen and oxygen atoms in total. The lowest BCUT2D eigenvalue weighted by atomic mass is 9.84. The maximum atomic E-state index is 6.64. The summed E-state index contributed by atoms with van der Waals surface area (Å²) >= 11 is 3.68. The standard InChI is InChI=1S/C22H27BrN2O/c1-15-8-11-21(19(23)13-15)26-22-18-7-3-2-5-16(18)9-10-20(22)25-12-4-6-17(24)14-25/h2-3,5,7-8,11,13,17,20,22H,4,6,9-10,12,14,24H2,1H3/t17-,20-,22-/m0/s1. The minimum atomic E-state index is 0.0456. The van der Waals surface area contributed by atoms with Gasteiger partial charge in [0.2, 0.25) is 0 Å². The zero-order chi connectivity index (χ0) is 18.1. The number of piperidine rings is 1. The van der Waals surface area contributed by atoms with Crippen LogP contribution in [0.15, 0.2) is 46.9 Å². The average molecular weight is 415 g/mol. The van der Waals surface area contributed by atoms with Gasteiger partial charge in [-0.3, -0.25) is 4.90 Å². The highest BCUT2D eigenvalue weighted by Gasteiger charge is 2.36. The van der Waals surface area contributed by atoms with E-state index in [9.17, 15) is 0 Å². The van der Waals surface area contributed by atoms with Gasteiger partial charge in [-0.25, -0.2) is 0 Å². The quantitative estimate of drug-likeness (QED) is 0.796. The summed E-state index contributed by atoms with van der Waals surface area (Å²) < 4.78 is 7.66. The molecule has 26 heavy (non-hydrogen) atoms. The third-order valence-electron chi connectivity index (χ3n) is 5.72. The molecule has 0 amide bonds. The maximum Gasteiger partial charge on any atom is 0.139 e. The SMILES string of the molecule is Cc1ccc(O[C@H]2c3ccccc3CC[C@@H]2N2CCC[C@H](N)C2)c(Br)c1. The van der Waals surface area contributed by atoms with Crippen LogP contribution in [-0.2, 0) is 6.42 Å². The summed E-state index contributed by atoms with van der Waals surface area (Å²) in [4.78, 5) is 2.57. The predicted molar refractivity (Wildman–Crippen MR) is 110 cm³/mol. The number of ether oxygens (including phenoxy) is 1. The fraction of sp³-hybridized carbons (Fsp3) is 0.455. The van der Waals surface area contributed by atoms with Crippen molar-refractivity contribution < 1.29 is 4.74 Å². The van der Waals surface area contributed by atoms with Crippen LogP contribution in [0, 0.1) is 6.92 Å². The molecular formula is C22H27BrN2O. The van der Waals surface area contributed by atoms with Gasteiger partial charge in [0.15, 0.2) is 0 Å². The van der Waals surface area contributed by atoms with Crippen LogP contribution in [0.5, 0.6) is 5.75 Å². The van der Waals surface area contributed by atoms with Crippen molar-refractivity contribution in [3.63, 3.8) is 0 Å². The summed E-state index contributed by atoms with van der Waals surface area (Å²) in [5.41, 5.74) is 10.2. The second-order valence-corrected chi connectivity index (χ2v) is 8.53. The first-order valence-corrected chi connectivity index (χ1v) is 10.4. The van der Waals surface area contributed by atoms with Crippen molar-refractivity contribution in [2.75, 3.05) is 13.1 Å². The van der Waals surface area contributed by atoms with Gasteiger partial charge in [0.05, 0.1) is 10.5 Å². The molecule has 0 radical (unpaired) electrons. The molecule has 0 bridgehead atoms. The number of nitrogens with zero attached hydrogens (tertiary/aromatic N) is 1. The van der Waals surface area contributed by atoms with E-state index in [2.05, 4.69) is 70.2 Å². The second kappa shape index (κ2) is 7.71. The number of halogens is 1. The van der Waals surface area contributed by atoms with Gasteiger partial charge in [-0.05, 0) is 83.9 Å². The highest BCUT2D eigenvalue weighted by atomic mass is 79.9. The van der Waals surface area contributed by atoms with E-state index in [1.54, 1.807) is 0 Å². The summed E-state index contributed by atoms with van der Waals surface area (Å²) in [6, 6.07) is 15.7. The summed E-state index contributed by atoms with van der Waals surface area (Å²) in [5, 5.41) is 0. The van der Waals surface area contributed by atoms with Crippen molar-refractivity contribution in [2.24, 2.45) is 5.73 Å². The molecule has 1 saturated heterocycles. The molecule has 1 aliphatic heterocycles. The molecule has 2 N–H and O–H groups in total. The Kier molecular flexibility index (Phi) is 5.35. The Balaban J connectivity index is 1.67. The summed E-state index contributed by atoms with van der Waals surface area (Å²) in [6.07, 6.45) is 4.60. The predicted octanol–water partition coefficient (Wildman–Crippen LogP) is 4.62. The largest absolute Gasteiger partial charge is 0.483 e. The Morgan fingerprint density at radius 1 is 1.15 bits per heavy atom. The Hall–Kier alpha value is -1.36. The topological polar surface area (TPSA) is 38.5 Å². The van der Waals surface area contributed by atoms with E-state index >= 15 is 0 Å². The number of benzene rings is 2. The number of nitrogens with two attached hydrogens (primary N) is 1. The third-order valence-corrected chi connectivity index (χ3v) is 6.34. The molecule has 0 unspecified atom stereocenters. The van der Waals surface area contributed by atoms with Crippen LogP contribution < -0.4 is 10.5 Å². The van der Waals surface area contributed by atoms with Gasteiger partial charge in [0, 0.05) is 12.6 Å². The molecule has 1 fully saturated rings. The van der Waals surface area contributed by atoms with Gasteiger partial charge in [-0.2, -0.15) is 0 Å². The van der Waals surface area contributed by atoms with Gasteiger partial charge < -0.3 is 10.5 Å². The molecule has 2 aromatic rings. The van der Waals surface area contributed by atoms with E-state index in [-0.39, 0.29) is 12.1 Å². The van der Waals surface area contributed by atoms with Crippen LogP contribution in [0.3, 0.4) is 0 Å². The van der Waals surface area contributed by atoms with E-state index in [4.69, 9.17) is 10.5 Å². The molecule has 138 valence electrons. The normalized spacial score (nSPS) is 26.3. The fourth-order valence-corrected chi connectivity index (χ4v) is 4.98. The number of aryl methyl sites for hydroxylation is 2. The van der Waals surface area contributed by atoms with Gasteiger partial charge in [-0.15, -0.1) is 0 Å². The number of hydrogen-bond donors (Lipinski definition) is 1. The summed E-state index contributed by atoms with van der Waals surface area (Å²) in [7, 11) is 0. The number of likely N-dealkylation sites (tertiary alicyclic amines) is 1. The highest BCUT2D eigenvalue weighted by Crippen LogP contribution is 2.39. The summed E-state index contributed by atoms with van der Waals surface area (Å²) in [6.45, 7) is 4.19. The Morgan fingerprint density at radius 3 is 2.81 bits per heavy atom. The Bertz CT molecular complexity index is 778.